The molecule has 0 aliphatic carbocycles. The second kappa shape index (κ2) is 5.62. The Morgan fingerprint density at radius 2 is 1.81 bits per heavy atom. The average Bonchev–Trinajstić information content (AvgIpc) is 2.46. The summed E-state index contributed by atoms with van der Waals surface area (Å²) in [6, 6.07) is 11.2. The van der Waals surface area contributed by atoms with Gasteiger partial charge in [-0.2, -0.15) is 0 Å². The molecular weight excluding hydrogens is 272 g/mol. The Kier molecular flexibility index (Phi) is 3.89. The number of nitrogens with zero attached hydrogens (tertiary/aromatic N) is 2. The predicted octanol–water partition coefficient (Wildman–Crippen LogP) is 3.37. The number of rotatable bonds is 4. The number of nitro benzene ring substituents is 1. The van der Waals surface area contributed by atoms with E-state index in [-0.39, 0.29) is 11.3 Å². The van der Waals surface area contributed by atoms with E-state index < -0.39 is 10.9 Å². The molecule has 0 saturated carbocycles. The van der Waals surface area contributed by atoms with Crippen LogP contribution in [-0.2, 0) is 0 Å². The number of hydrogen-bond acceptors (Lipinski definition) is 4. The molecule has 0 aromatic heterocycles. The maximum atomic E-state index is 11.0. The highest BCUT2D eigenvalue weighted by Gasteiger charge is 2.16. The number of nitro groups is 1. The van der Waals surface area contributed by atoms with Gasteiger partial charge < -0.3 is 10.0 Å². The summed E-state index contributed by atoms with van der Waals surface area (Å²) in [5.41, 5.74) is 2.27. The fraction of sp³-hybridized carbons (Fsp3) is 0.133. The smallest absolute Gasteiger partial charge is 0.335 e. The first-order chi connectivity index (χ1) is 9.91. The van der Waals surface area contributed by atoms with Gasteiger partial charge in [-0.1, -0.05) is 6.07 Å². The Labute approximate surface area is 121 Å². The lowest BCUT2D eigenvalue weighted by Crippen LogP contribution is -2.12. The van der Waals surface area contributed by atoms with Crippen LogP contribution in [0.2, 0.25) is 0 Å². The molecule has 2 aromatic rings. The molecule has 1 N–H and O–H groups in total. The Bertz CT molecular complexity index is 695. The summed E-state index contributed by atoms with van der Waals surface area (Å²) in [7, 11) is 1.78. The molecule has 0 bridgehead atoms. The molecule has 6 heteroatoms. The molecule has 0 unspecified atom stereocenters. The summed E-state index contributed by atoms with van der Waals surface area (Å²) in [6.45, 7) is 1.69. The van der Waals surface area contributed by atoms with Gasteiger partial charge in [0.25, 0.3) is 5.69 Å². The van der Waals surface area contributed by atoms with Crippen molar-refractivity contribution in [2.24, 2.45) is 0 Å². The SMILES string of the molecule is Cc1c(N(C)c2ccc(C(=O)O)cc2)cccc1[N+](=O)[O-]. The number of carboxylic acid groups (broad SMARTS) is 1. The van der Waals surface area contributed by atoms with Gasteiger partial charge in [0.2, 0.25) is 0 Å². The van der Waals surface area contributed by atoms with Crippen molar-refractivity contribution in [2.75, 3.05) is 11.9 Å². The van der Waals surface area contributed by atoms with E-state index >= 15 is 0 Å². The molecule has 2 rings (SSSR count). The molecule has 0 saturated heterocycles. The first-order valence-corrected chi connectivity index (χ1v) is 6.23. The fourth-order valence-electron chi connectivity index (χ4n) is 2.14. The number of carbonyl (C=O) groups is 1. The lowest BCUT2D eigenvalue weighted by atomic mass is 10.1. The minimum atomic E-state index is -0.990. The van der Waals surface area contributed by atoms with Crippen molar-refractivity contribution >= 4 is 23.0 Å². The van der Waals surface area contributed by atoms with Crippen molar-refractivity contribution in [3.05, 3.63) is 63.7 Å². The van der Waals surface area contributed by atoms with E-state index in [9.17, 15) is 14.9 Å². The Hall–Kier alpha value is -2.89. The number of anilines is 2. The minimum absolute atomic E-state index is 0.0570. The average molecular weight is 286 g/mol. The number of benzene rings is 2. The molecule has 21 heavy (non-hydrogen) atoms. The summed E-state index contributed by atoms with van der Waals surface area (Å²) >= 11 is 0. The van der Waals surface area contributed by atoms with Crippen LogP contribution < -0.4 is 4.90 Å². The van der Waals surface area contributed by atoms with Crippen LogP contribution >= 0.6 is 0 Å². The normalized spacial score (nSPS) is 10.2. The fourth-order valence-corrected chi connectivity index (χ4v) is 2.14. The van der Waals surface area contributed by atoms with Crippen LogP contribution in [0.25, 0.3) is 0 Å². The van der Waals surface area contributed by atoms with Gasteiger partial charge >= 0.3 is 5.97 Å². The van der Waals surface area contributed by atoms with Crippen LogP contribution in [0.5, 0.6) is 0 Å². The number of carboxylic acids is 1. The maximum absolute atomic E-state index is 11.0. The van der Waals surface area contributed by atoms with Crippen LogP contribution in [0.1, 0.15) is 15.9 Å². The lowest BCUT2D eigenvalue weighted by Gasteiger charge is -2.21. The zero-order valence-electron chi connectivity index (χ0n) is 11.6. The summed E-state index contributed by atoms with van der Waals surface area (Å²) in [6.07, 6.45) is 0. The topological polar surface area (TPSA) is 83.7 Å². The quantitative estimate of drug-likeness (QED) is 0.688. The van der Waals surface area contributed by atoms with Crippen LogP contribution in [0.15, 0.2) is 42.5 Å². The van der Waals surface area contributed by atoms with Gasteiger partial charge in [-0.05, 0) is 37.3 Å². The minimum Gasteiger partial charge on any atom is -0.478 e. The molecule has 0 radical (unpaired) electrons. The van der Waals surface area contributed by atoms with Crippen molar-refractivity contribution in [3.63, 3.8) is 0 Å². The molecule has 108 valence electrons. The Balaban J connectivity index is 2.40. The van der Waals surface area contributed by atoms with Gasteiger partial charge in [0.1, 0.15) is 0 Å². The van der Waals surface area contributed by atoms with Gasteiger partial charge in [-0.3, -0.25) is 10.1 Å². The predicted molar refractivity (Wildman–Crippen MR) is 79.3 cm³/mol. The van der Waals surface area contributed by atoms with Crippen molar-refractivity contribution in [3.8, 4) is 0 Å². The molecule has 6 nitrogen and oxygen atoms in total. The van der Waals surface area contributed by atoms with Gasteiger partial charge in [0.15, 0.2) is 0 Å². The van der Waals surface area contributed by atoms with Gasteiger partial charge in [0, 0.05) is 18.8 Å². The van der Waals surface area contributed by atoms with Gasteiger partial charge in [-0.15, -0.1) is 0 Å². The Morgan fingerprint density at radius 1 is 1.19 bits per heavy atom. The van der Waals surface area contributed by atoms with E-state index in [1.54, 1.807) is 43.1 Å². The third-order valence-electron chi connectivity index (χ3n) is 3.34. The molecule has 0 aliphatic heterocycles. The van der Waals surface area contributed by atoms with E-state index in [4.69, 9.17) is 5.11 Å². The monoisotopic (exact) mass is 286 g/mol. The second-order valence-corrected chi connectivity index (χ2v) is 4.59. The van der Waals surface area contributed by atoms with Crippen LogP contribution in [0.4, 0.5) is 17.1 Å². The third-order valence-corrected chi connectivity index (χ3v) is 3.34. The molecule has 2 aromatic carbocycles. The molecule has 0 aliphatic rings. The summed E-state index contributed by atoms with van der Waals surface area (Å²) in [5, 5.41) is 19.9. The van der Waals surface area contributed by atoms with E-state index in [0.717, 1.165) is 5.69 Å². The highest BCUT2D eigenvalue weighted by molar-refractivity contribution is 5.88. The van der Waals surface area contributed by atoms with E-state index in [1.165, 1.54) is 18.2 Å². The highest BCUT2D eigenvalue weighted by Crippen LogP contribution is 2.31. The highest BCUT2D eigenvalue weighted by atomic mass is 16.6. The van der Waals surface area contributed by atoms with Crippen LogP contribution in [-0.4, -0.2) is 23.0 Å². The molecule has 0 heterocycles. The van der Waals surface area contributed by atoms with Crippen molar-refractivity contribution in [2.45, 2.75) is 6.92 Å². The summed E-state index contributed by atoms with van der Waals surface area (Å²) < 4.78 is 0. The van der Waals surface area contributed by atoms with Crippen LogP contribution in [0.3, 0.4) is 0 Å². The van der Waals surface area contributed by atoms with Crippen molar-refractivity contribution in [1.29, 1.82) is 0 Å². The maximum Gasteiger partial charge on any atom is 0.335 e. The molecule has 0 amide bonds. The van der Waals surface area contributed by atoms with E-state index in [0.29, 0.717) is 11.3 Å². The molecular formula is C15H14N2O4. The van der Waals surface area contributed by atoms with E-state index in [1.807, 2.05) is 0 Å². The zero-order valence-corrected chi connectivity index (χ0v) is 11.6. The summed E-state index contributed by atoms with van der Waals surface area (Å²) in [4.78, 5) is 23.2. The first kappa shape index (κ1) is 14.5. The number of aromatic carboxylic acids is 1. The Morgan fingerprint density at radius 3 is 2.33 bits per heavy atom. The van der Waals surface area contributed by atoms with Gasteiger partial charge in [0.05, 0.1) is 21.7 Å². The first-order valence-electron chi connectivity index (χ1n) is 6.23. The van der Waals surface area contributed by atoms with Crippen LogP contribution in [0, 0.1) is 17.0 Å². The van der Waals surface area contributed by atoms with Crippen molar-refractivity contribution in [1.82, 2.24) is 0 Å². The van der Waals surface area contributed by atoms with Gasteiger partial charge in [-0.25, -0.2) is 4.79 Å². The lowest BCUT2D eigenvalue weighted by molar-refractivity contribution is -0.385. The largest absolute Gasteiger partial charge is 0.478 e. The number of hydrogen-bond donors (Lipinski definition) is 1. The second-order valence-electron chi connectivity index (χ2n) is 4.59. The molecule has 0 atom stereocenters. The standard InChI is InChI=1S/C15H14N2O4/c1-10-13(4-3-5-14(10)17(20)21)16(2)12-8-6-11(7-9-12)15(18)19/h3-9H,1-2H3,(H,18,19). The zero-order chi connectivity index (χ0) is 15.6. The summed E-state index contributed by atoms with van der Waals surface area (Å²) in [5.74, 6) is -0.990. The van der Waals surface area contributed by atoms with Crippen molar-refractivity contribution < 1.29 is 14.8 Å². The van der Waals surface area contributed by atoms with E-state index in [2.05, 4.69) is 0 Å². The molecule has 0 spiro atoms. The molecule has 0 fully saturated rings. The third kappa shape index (κ3) is 2.84.